The van der Waals surface area contributed by atoms with Gasteiger partial charge in [0, 0.05) is 12.3 Å². The molecule has 1 N–H and O–H groups in total. The van der Waals surface area contributed by atoms with Crippen LogP contribution in [0.5, 0.6) is 0 Å². The molecule has 4 rings (SSSR count). The largest absolute Gasteiger partial charge is 0.381 e. The smallest absolute Gasteiger partial charge is 0.169 e. The Morgan fingerprint density at radius 2 is 2.04 bits per heavy atom. The zero-order valence-electron chi connectivity index (χ0n) is 14.1. The molecule has 0 saturated heterocycles. The number of fused-ring (bicyclic) bond motifs is 4. The van der Waals surface area contributed by atoms with E-state index in [2.05, 4.69) is 6.92 Å². The lowest BCUT2D eigenvalue weighted by molar-refractivity contribution is -0.125. The summed E-state index contributed by atoms with van der Waals surface area (Å²) in [5.74, 6) is 1.67. The van der Waals surface area contributed by atoms with E-state index < -0.39 is 6.10 Å². The van der Waals surface area contributed by atoms with Gasteiger partial charge >= 0.3 is 0 Å². The summed E-state index contributed by atoms with van der Waals surface area (Å²) in [6.45, 7) is 4.09. The Balaban J connectivity index is 1.72. The van der Waals surface area contributed by atoms with Crippen molar-refractivity contribution in [2.24, 2.45) is 23.2 Å². The van der Waals surface area contributed by atoms with Crippen molar-refractivity contribution in [1.82, 2.24) is 0 Å². The number of hydrogen-bond acceptors (Lipinski definition) is 3. The number of hydrogen-bond donors (Lipinski definition) is 1. The highest BCUT2D eigenvalue weighted by Crippen LogP contribution is 2.62. The van der Waals surface area contributed by atoms with Crippen LogP contribution in [0.1, 0.15) is 58.8 Å². The zero-order valence-corrected chi connectivity index (χ0v) is 14.1. The summed E-state index contributed by atoms with van der Waals surface area (Å²) in [5.41, 5.74) is 4.09. The van der Waals surface area contributed by atoms with Gasteiger partial charge in [-0.1, -0.05) is 12.5 Å². The molecular weight excluding hydrogens is 288 g/mol. The lowest BCUT2D eigenvalue weighted by Crippen LogP contribution is -2.42. The van der Waals surface area contributed by atoms with Gasteiger partial charge in [-0.25, -0.2) is 0 Å². The molecule has 0 aromatic rings. The molecule has 3 nitrogen and oxygen atoms in total. The monoisotopic (exact) mass is 314 g/mol. The van der Waals surface area contributed by atoms with E-state index in [0.717, 1.165) is 38.5 Å². The van der Waals surface area contributed by atoms with E-state index in [-0.39, 0.29) is 17.1 Å². The van der Waals surface area contributed by atoms with Crippen LogP contribution in [-0.2, 0) is 9.59 Å². The van der Waals surface area contributed by atoms with Crippen LogP contribution in [0.3, 0.4) is 0 Å². The van der Waals surface area contributed by atoms with Crippen LogP contribution in [0.15, 0.2) is 22.8 Å². The van der Waals surface area contributed by atoms with Crippen molar-refractivity contribution in [2.45, 2.75) is 64.9 Å². The van der Waals surface area contributed by atoms with Crippen molar-refractivity contribution in [2.75, 3.05) is 0 Å². The first-order valence-corrected chi connectivity index (χ1v) is 9.06. The van der Waals surface area contributed by atoms with Gasteiger partial charge in [-0.15, -0.1) is 0 Å². The summed E-state index contributed by atoms with van der Waals surface area (Å²) in [7, 11) is 0. The first kappa shape index (κ1) is 15.3. The predicted molar refractivity (Wildman–Crippen MR) is 87.7 cm³/mol. The Labute approximate surface area is 137 Å². The maximum atomic E-state index is 12.1. The number of rotatable bonds is 1. The van der Waals surface area contributed by atoms with Gasteiger partial charge in [0.15, 0.2) is 5.78 Å². The number of carbonyl (C=O) groups is 2. The summed E-state index contributed by atoms with van der Waals surface area (Å²) in [4.78, 5) is 24.1. The van der Waals surface area contributed by atoms with Gasteiger partial charge in [-0.2, -0.15) is 0 Å². The van der Waals surface area contributed by atoms with Crippen LogP contribution < -0.4 is 0 Å². The highest BCUT2D eigenvalue weighted by Gasteiger charge is 2.54. The molecule has 0 heterocycles. The Kier molecular flexibility index (Phi) is 3.42. The van der Waals surface area contributed by atoms with Gasteiger partial charge < -0.3 is 5.11 Å². The summed E-state index contributed by atoms with van der Waals surface area (Å²) in [6.07, 6.45) is 7.69. The van der Waals surface area contributed by atoms with Crippen LogP contribution in [-0.4, -0.2) is 22.8 Å². The van der Waals surface area contributed by atoms with E-state index in [9.17, 15) is 14.7 Å². The minimum Gasteiger partial charge on any atom is -0.381 e. The van der Waals surface area contributed by atoms with Crippen molar-refractivity contribution in [3.05, 3.63) is 22.8 Å². The molecule has 0 spiro atoms. The summed E-state index contributed by atoms with van der Waals surface area (Å²) < 4.78 is 0. The lowest BCUT2D eigenvalue weighted by Gasteiger charge is -2.49. The van der Waals surface area contributed by atoms with Crippen LogP contribution >= 0.6 is 0 Å². The fourth-order valence-electron chi connectivity index (χ4n) is 6.18. The fourth-order valence-corrected chi connectivity index (χ4v) is 6.18. The molecule has 0 aromatic carbocycles. The quantitative estimate of drug-likeness (QED) is 0.807. The normalized spacial score (nSPS) is 42.7. The fraction of sp³-hybridized carbons (Fsp3) is 0.700. The van der Waals surface area contributed by atoms with Crippen molar-refractivity contribution in [3.8, 4) is 0 Å². The van der Waals surface area contributed by atoms with E-state index in [4.69, 9.17) is 0 Å². The van der Waals surface area contributed by atoms with Gasteiger partial charge in [-0.3, -0.25) is 9.59 Å². The maximum absolute atomic E-state index is 12.1. The van der Waals surface area contributed by atoms with Gasteiger partial charge in [0.25, 0.3) is 0 Å². The Morgan fingerprint density at radius 1 is 1.26 bits per heavy atom. The summed E-state index contributed by atoms with van der Waals surface area (Å²) >= 11 is 0. The van der Waals surface area contributed by atoms with Gasteiger partial charge in [0.05, 0.1) is 0 Å². The minimum absolute atomic E-state index is 0.0572. The summed E-state index contributed by atoms with van der Waals surface area (Å²) in [6, 6.07) is 0. The predicted octanol–water partition coefficient (Wildman–Crippen LogP) is 3.37. The molecule has 0 radical (unpaired) electrons. The van der Waals surface area contributed by atoms with Crippen molar-refractivity contribution in [3.63, 3.8) is 0 Å². The molecule has 124 valence electrons. The van der Waals surface area contributed by atoms with Crippen molar-refractivity contribution in [1.29, 1.82) is 0 Å². The molecule has 0 bridgehead atoms. The van der Waals surface area contributed by atoms with Gasteiger partial charge in [0.2, 0.25) is 0 Å². The van der Waals surface area contributed by atoms with Gasteiger partial charge in [0.1, 0.15) is 11.9 Å². The molecule has 23 heavy (non-hydrogen) atoms. The van der Waals surface area contributed by atoms with E-state index in [1.54, 1.807) is 13.0 Å². The highest BCUT2D eigenvalue weighted by molar-refractivity contribution is 5.90. The van der Waals surface area contributed by atoms with Crippen LogP contribution in [0.4, 0.5) is 0 Å². The van der Waals surface area contributed by atoms with Crippen LogP contribution in [0.2, 0.25) is 0 Å². The van der Waals surface area contributed by atoms with E-state index in [1.165, 1.54) is 16.7 Å². The first-order chi connectivity index (χ1) is 10.9. The number of aliphatic hydroxyl groups is 1. The third-order valence-electron chi connectivity index (χ3n) is 7.31. The molecule has 5 atom stereocenters. The number of Topliss-reactive ketones (excluding diaryl/α,β-unsaturated/α-hetero) is 2. The third kappa shape index (κ3) is 2.12. The summed E-state index contributed by atoms with van der Waals surface area (Å²) in [5, 5.41) is 9.81. The van der Waals surface area contributed by atoms with Crippen LogP contribution in [0.25, 0.3) is 0 Å². The molecular formula is C20H26O3. The van der Waals surface area contributed by atoms with E-state index in [1.807, 2.05) is 0 Å². The molecule has 1 unspecified atom stereocenters. The standard InChI is InChI=1S/C20H26O3/c1-11(21)16-5-6-17-14-4-3-12-9-18(22)19(23)10-15(12)13(14)7-8-20(16,17)2/h9,14,16-18,22H,3-8,10H2,1-2H3/t14-,16-,17+,18?,20-/m1/s1. The Morgan fingerprint density at radius 3 is 2.78 bits per heavy atom. The molecule has 3 heteroatoms. The molecule has 2 fully saturated rings. The second-order valence-corrected chi connectivity index (χ2v) is 8.28. The SMILES string of the molecule is CC(=O)[C@H]1CC[C@H]2[C@@H]3CCC4=CC(O)C(=O)CC4=C3CC[C@]12C. The minimum atomic E-state index is -0.895. The second kappa shape index (κ2) is 5.14. The molecule has 0 aliphatic heterocycles. The Hall–Kier alpha value is -1.22. The molecule has 0 amide bonds. The second-order valence-electron chi connectivity index (χ2n) is 8.28. The lowest BCUT2D eigenvalue weighted by atomic mass is 9.55. The molecule has 4 aliphatic rings. The molecule has 2 saturated carbocycles. The molecule has 4 aliphatic carbocycles. The van der Waals surface area contributed by atoms with E-state index in [0.29, 0.717) is 24.0 Å². The first-order valence-electron chi connectivity index (χ1n) is 9.06. The third-order valence-corrected chi connectivity index (χ3v) is 7.31. The molecule has 0 aromatic heterocycles. The average Bonchev–Trinajstić information content (AvgIpc) is 2.86. The topological polar surface area (TPSA) is 54.4 Å². The average molecular weight is 314 g/mol. The van der Waals surface area contributed by atoms with E-state index >= 15 is 0 Å². The van der Waals surface area contributed by atoms with Crippen molar-refractivity contribution >= 4 is 11.6 Å². The highest BCUT2D eigenvalue weighted by atomic mass is 16.3. The zero-order chi connectivity index (χ0) is 16.4. The van der Waals surface area contributed by atoms with Crippen LogP contribution in [0, 0.1) is 23.2 Å². The maximum Gasteiger partial charge on any atom is 0.169 e. The number of ketones is 2. The number of carbonyl (C=O) groups excluding carboxylic acids is 2. The number of aliphatic hydroxyl groups excluding tert-OH is 1. The van der Waals surface area contributed by atoms with Gasteiger partial charge in [-0.05, 0) is 79.9 Å². The van der Waals surface area contributed by atoms with Crippen molar-refractivity contribution < 1.29 is 14.7 Å². The Bertz CT molecular complexity index is 641. The number of allylic oxidation sites excluding steroid dienone is 3.